The molecule has 0 spiro atoms. The smallest absolute Gasteiger partial charge is 0.170 e. The standard InChI is InChI=1S/C24H25N7O/c1-31-15-19(13-29-31)23-8-16-6-21(27-11-18(16)12-28-23)9-24(32)17-7-22(14-26-10-17)30-20-2-4-25-5-3-20/h6-8,10-15,20,25,30H,2-5,9H2,1H3. The second kappa shape index (κ2) is 8.84. The van der Waals surface area contributed by atoms with Gasteiger partial charge in [-0.15, -0.1) is 0 Å². The highest BCUT2D eigenvalue weighted by molar-refractivity contribution is 5.98. The van der Waals surface area contributed by atoms with E-state index in [2.05, 4.69) is 30.7 Å². The lowest BCUT2D eigenvalue weighted by Crippen LogP contribution is -2.35. The number of anilines is 1. The maximum Gasteiger partial charge on any atom is 0.170 e. The van der Waals surface area contributed by atoms with Crippen molar-refractivity contribution in [3.63, 3.8) is 0 Å². The van der Waals surface area contributed by atoms with Crippen LogP contribution in [-0.4, -0.2) is 49.6 Å². The Morgan fingerprint density at radius 3 is 2.72 bits per heavy atom. The summed E-state index contributed by atoms with van der Waals surface area (Å²) < 4.78 is 1.75. The Bertz CT molecular complexity index is 1260. The van der Waals surface area contributed by atoms with Gasteiger partial charge < -0.3 is 10.6 Å². The number of hydrogen-bond acceptors (Lipinski definition) is 7. The number of nitrogens with one attached hydrogen (secondary N) is 2. The molecule has 162 valence electrons. The first-order valence-electron chi connectivity index (χ1n) is 10.8. The Balaban J connectivity index is 1.33. The van der Waals surface area contributed by atoms with Crippen LogP contribution in [0.1, 0.15) is 28.9 Å². The number of pyridine rings is 3. The van der Waals surface area contributed by atoms with Crippen molar-refractivity contribution in [2.45, 2.75) is 25.3 Å². The Hall–Kier alpha value is -3.65. The van der Waals surface area contributed by atoms with Crippen molar-refractivity contribution in [2.75, 3.05) is 18.4 Å². The van der Waals surface area contributed by atoms with E-state index in [4.69, 9.17) is 0 Å². The number of hydrogen-bond donors (Lipinski definition) is 2. The summed E-state index contributed by atoms with van der Waals surface area (Å²) in [5.74, 6) is -0.000139. The molecule has 1 aliphatic rings. The first-order chi connectivity index (χ1) is 15.6. The summed E-state index contributed by atoms with van der Waals surface area (Å²) in [6, 6.07) is 6.27. The van der Waals surface area contributed by atoms with Crippen molar-refractivity contribution in [3.8, 4) is 11.3 Å². The summed E-state index contributed by atoms with van der Waals surface area (Å²) in [6.07, 6.45) is 13.0. The van der Waals surface area contributed by atoms with E-state index in [0.29, 0.717) is 11.6 Å². The number of ketones is 1. The van der Waals surface area contributed by atoms with E-state index in [1.165, 1.54) is 0 Å². The first-order valence-corrected chi connectivity index (χ1v) is 10.8. The van der Waals surface area contributed by atoms with Gasteiger partial charge >= 0.3 is 0 Å². The largest absolute Gasteiger partial charge is 0.381 e. The SMILES string of the molecule is Cn1cc(-c2cc3cc(CC(=O)c4cncc(NC5CCNCC5)c4)ncc3cn2)cn1. The molecule has 4 aromatic rings. The molecule has 4 aromatic heterocycles. The van der Waals surface area contributed by atoms with Crippen molar-refractivity contribution in [2.24, 2.45) is 7.05 Å². The van der Waals surface area contributed by atoms with Gasteiger partial charge in [0.2, 0.25) is 0 Å². The van der Waals surface area contributed by atoms with Gasteiger partial charge in [0.25, 0.3) is 0 Å². The molecular weight excluding hydrogens is 402 g/mol. The Kier molecular flexibility index (Phi) is 5.60. The third-order valence-corrected chi connectivity index (χ3v) is 5.77. The Morgan fingerprint density at radius 1 is 1.06 bits per heavy atom. The number of carbonyl (C=O) groups excluding carboxylic acids is 1. The van der Waals surface area contributed by atoms with Gasteiger partial charge in [-0.3, -0.25) is 24.4 Å². The lowest BCUT2D eigenvalue weighted by Gasteiger charge is -2.24. The molecule has 5 rings (SSSR count). The highest BCUT2D eigenvalue weighted by atomic mass is 16.1. The summed E-state index contributed by atoms with van der Waals surface area (Å²) in [6.45, 7) is 2.02. The van der Waals surface area contributed by atoms with Crippen LogP contribution in [0.5, 0.6) is 0 Å². The van der Waals surface area contributed by atoms with E-state index in [1.807, 2.05) is 31.4 Å². The van der Waals surface area contributed by atoms with Gasteiger partial charge in [0.15, 0.2) is 5.78 Å². The molecule has 0 amide bonds. The molecule has 1 saturated heterocycles. The van der Waals surface area contributed by atoms with Crippen LogP contribution < -0.4 is 10.6 Å². The number of piperidine rings is 1. The summed E-state index contributed by atoms with van der Waals surface area (Å²) >= 11 is 0. The van der Waals surface area contributed by atoms with Gasteiger partial charge in [-0.1, -0.05) is 0 Å². The normalized spacial score (nSPS) is 14.5. The number of Topliss-reactive ketones (excluding diaryl/α,β-unsaturated/α-hetero) is 1. The lowest BCUT2D eigenvalue weighted by atomic mass is 10.0. The van der Waals surface area contributed by atoms with Crippen LogP contribution in [0, 0.1) is 0 Å². The molecule has 1 fully saturated rings. The van der Waals surface area contributed by atoms with Gasteiger partial charge in [0.1, 0.15) is 0 Å². The molecule has 8 heteroatoms. The summed E-state index contributed by atoms with van der Waals surface area (Å²) in [7, 11) is 1.88. The van der Waals surface area contributed by atoms with Crippen molar-refractivity contribution >= 4 is 22.2 Å². The average Bonchev–Trinajstić information content (AvgIpc) is 3.26. The van der Waals surface area contributed by atoms with E-state index in [0.717, 1.165) is 59.3 Å². The zero-order valence-electron chi connectivity index (χ0n) is 18.0. The maximum absolute atomic E-state index is 12.9. The maximum atomic E-state index is 12.9. The number of carbonyl (C=O) groups is 1. The van der Waals surface area contributed by atoms with E-state index in [9.17, 15) is 4.79 Å². The van der Waals surface area contributed by atoms with Crippen LogP contribution in [0.2, 0.25) is 0 Å². The fourth-order valence-electron chi connectivity index (χ4n) is 4.03. The van der Waals surface area contributed by atoms with Gasteiger partial charge in [-0.25, -0.2) is 0 Å². The van der Waals surface area contributed by atoms with E-state index < -0.39 is 0 Å². The fourth-order valence-corrected chi connectivity index (χ4v) is 4.03. The van der Waals surface area contributed by atoms with Crippen molar-refractivity contribution < 1.29 is 4.79 Å². The van der Waals surface area contributed by atoms with Crippen LogP contribution in [0.4, 0.5) is 5.69 Å². The van der Waals surface area contributed by atoms with Crippen molar-refractivity contribution in [1.29, 1.82) is 0 Å². The van der Waals surface area contributed by atoms with Gasteiger partial charge in [-0.2, -0.15) is 5.10 Å². The minimum Gasteiger partial charge on any atom is -0.381 e. The number of rotatable bonds is 6. The molecule has 1 aliphatic heterocycles. The second-order valence-corrected chi connectivity index (χ2v) is 8.23. The molecule has 0 radical (unpaired) electrons. The fraction of sp³-hybridized carbons (Fsp3) is 0.292. The number of fused-ring (bicyclic) bond motifs is 1. The Labute approximate surface area is 186 Å². The lowest BCUT2D eigenvalue weighted by molar-refractivity contribution is 0.0991. The molecule has 32 heavy (non-hydrogen) atoms. The van der Waals surface area contributed by atoms with Crippen LogP contribution in [-0.2, 0) is 13.5 Å². The third-order valence-electron chi connectivity index (χ3n) is 5.77. The molecule has 2 N–H and O–H groups in total. The summed E-state index contributed by atoms with van der Waals surface area (Å²) in [5, 5.41) is 13.0. The average molecular weight is 428 g/mol. The van der Waals surface area contributed by atoms with Crippen LogP contribution in [0.25, 0.3) is 22.0 Å². The second-order valence-electron chi connectivity index (χ2n) is 8.23. The zero-order chi connectivity index (χ0) is 21.9. The van der Waals surface area contributed by atoms with Crippen molar-refractivity contribution in [1.82, 2.24) is 30.0 Å². The molecule has 0 unspecified atom stereocenters. The van der Waals surface area contributed by atoms with Crippen LogP contribution in [0.3, 0.4) is 0 Å². The molecule has 8 nitrogen and oxygen atoms in total. The molecule has 0 saturated carbocycles. The quantitative estimate of drug-likeness (QED) is 0.457. The predicted octanol–water partition coefficient (Wildman–Crippen LogP) is 3.01. The molecule has 0 atom stereocenters. The molecule has 0 aromatic carbocycles. The molecular formula is C24H25N7O. The molecule has 5 heterocycles. The van der Waals surface area contributed by atoms with Gasteiger partial charge in [0, 0.05) is 66.3 Å². The third kappa shape index (κ3) is 4.50. The van der Waals surface area contributed by atoms with Gasteiger partial charge in [-0.05, 0) is 49.5 Å². The predicted molar refractivity (Wildman–Crippen MR) is 124 cm³/mol. The Morgan fingerprint density at radius 2 is 1.91 bits per heavy atom. The van der Waals surface area contributed by atoms with E-state index in [1.54, 1.807) is 35.7 Å². The van der Waals surface area contributed by atoms with E-state index >= 15 is 0 Å². The van der Waals surface area contributed by atoms with Gasteiger partial charge in [0.05, 0.1) is 24.0 Å². The first kappa shape index (κ1) is 20.3. The minimum absolute atomic E-state index is 0.000139. The molecule has 0 bridgehead atoms. The zero-order valence-corrected chi connectivity index (χ0v) is 18.0. The van der Waals surface area contributed by atoms with Crippen LogP contribution in [0.15, 0.2) is 55.4 Å². The summed E-state index contributed by atoms with van der Waals surface area (Å²) in [5.41, 5.74) is 4.00. The number of aromatic nitrogens is 5. The highest BCUT2D eigenvalue weighted by Gasteiger charge is 2.15. The van der Waals surface area contributed by atoms with Crippen molar-refractivity contribution in [3.05, 3.63) is 66.6 Å². The topological polar surface area (TPSA) is 97.6 Å². The number of aryl methyl sites for hydroxylation is 1. The highest BCUT2D eigenvalue weighted by Crippen LogP contribution is 2.22. The molecule has 0 aliphatic carbocycles. The summed E-state index contributed by atoms with van der Waals surface area (Å²) in [4.78, 5) is 26.2. The van der Waals surface area contributed by atoms with Crippen LogP contribution >= 0.6 is 0 Å². The van der Waals surface area contributed by atoms with E-state index in [-0.39, 0.29) is 12.2 Å². The minimum atomic E-state index is -0.000139. The monoisotopic (exact) mass is 427 g/mol. The number of nitrogens with zero attached hydrogens (tertiary/aromatic N) is 5.